The Kier molecular flexibility index (Phi) is 3.23. The summed E-state index contributed by atoms with van der Waals surface area (Å²) in [5.74, 6) is 1.40. The molecular weight excluding hydrogens is 320 g/mol. The van der Waals surface area contributed by atoms with Gasteiger partial charge in [0.15, 0.2) is 0 Å². The highest BCUT2D eigenvalue weighted by Crippen LogP contribution is 2.28. The van der Waals surface area contributed by atoms with E-state index >= 15 is 0 Å². The van der Waals surface area contributed by atoms with E-state index in [0.29, 0.717) is 17.5 Å². The molecule has 0 bridgehead atoms. The van der Waals surface area contributed by atoms with E-state index in [1.165, 1.54) is 0 Å². The normalized spacial score (nSPS) is 10.7. The summed E-state index contributed by atoms with van der Waals surface area (Å²) >= 11 is 3.51. The number of aryl methyl sites for hydroxylation is 1. The Bertz CT molecular complexity index is 752. The Morgan fingerprint density at radius 1 is 1.20 bits per heavy atom. The molecular formula is C14H11BrN4O. The zero-order valence-electron chi connectivity index (χ0n) is 10.7. The fraction of sp³-hybridized carbons (Fsp3) is 0.0714. The summed E-state index contributed by atoms with van der Waals surface area (Å²) in [6, 6.07) is 9.46. The first kappa shape index (κ1) is 12.8. The molecule has 20 heavy (non-hydrogen) atoms. The van der Waals surface area contributed by atoms with Gasteiger partial charge in [-0.3, -0.25) is 0 Å². The van der Waals surface area contributed by atoms with Crippen LogP contribution in [0.15, 0.2) is 45.5 Å². The van der Waals surface area contributed by atoms with Crippen LogP contribution in [0.5, 0.6) is 0 Å². The highest BCUT2D eigenvalue weighted by atomic mass is 79.9. The van der Waals surface area contributed by atoms with E-state index in [2.05, 4.69) is 31.1 Å². The van der Waals surface area contributed by atoms with Crippen LogP contribution < -0.4 is 5.73 Å². The number of hydrogen-bond donors (Lipinski definition) is 1. The van der Waals surface area contributed by atoms with E-state index in [1.807, 2.05) is 25.1 Å². The molecule has 2 aromatic heterocycles. The Morgan fingerprint density at radius 3 is 2.75 bits per heavy atom. The van der Waals surface area contributed by atoms with Crippen molar-refractivity contribution in [2.24, 2.45) is 0 Å². The average Bonchev–Trinajstić information content (AvgIpc) is 2.89. The number of hydrogen-bond acceptors (Lipinski definition) is 5. The zero-order chi connectivity index (χ0) is 14.1. The van der Waals surface area contributed by atoms with Crippen LogP contribution in [0.4, 0.5) is 5.82 Å². The van der Waals surface area contributed by atoms with Gasteiger partial charge in [0.2, 0.25) is 5.82 Å². The van der Waals surface area contributed by atoms with Gasteiger partial charge in [-0.2, -0.15) is 4.98 Å². The minimum Gasteiger partial charge on any atom is -0.384 e. The molecule has 2 N–H and O–H groups in total. The topological polar surface area (TPSA) is 77.8 Å². The van der Waals surface area contributed by atoms with Gasteiger partial charge in [0, 0.05) is 16.2 Å². The molecule has 0 aliphatic heterocycles. The maximum absolute atomic E-state index is 5.55. The summed E-state index contributed by atoms with van der Waals surface area (Å²) < 4.78 is 6.20. The second-order valence-electron chi connectivity index (χ2n) is 4.38. The maximum Gasteiger partial charge on any atom is 0.259 e. The molecule has 3 rings (SSSR count). The number of pyridine rings is 1. The first-order valence-corrected chi connectivity index (χ1v) is 6.75. The fourth-order valence-corrected chi connectivity index (χ4v) is 2.45. The lowest BCUT2D eigenvalue weighted by molar-refractivity contribution is 0.432. The van der Waals surface area contributed by atoms with Crippen molar-refractivity contribution in [2.45, 2.75) is 6.92 Å². The molecule has 1 aromatic carbocycles. The van der Waals surface area contributed by atoms with Crippen LogP contribution in [-0.4, -0.2) is 15.1 Å². The highest BCUT2D eigenvalue weighted by molar-refractivity contribution is 9.10. The largest absolute Gasteiger partial charge is 0.384 e. The molecule has 0 spiro atoms. The first-order valence-electron chi connectivity index (χ1n) is 5.95. The minimum absolute atomic E-state index is 0.417. The third-order valence-corrected chi connectivity index (χ3v) is 3.48. The van der Waals surface area contributed by atoms with Gasteiger partial charge in [-0.15, -0.1) is 0 Å². The van der Waals surface area contributed by atoms with Crippen molar-refractivity contribution in [3.05, 3.63) is 46.6 Å². The van der Waals surface area contributed by atoms with Gasteiger partial charge in [0.25, 0.3) is 5.89 Å². The number of nitrogens with two attached hydrogens (primary N) is 1. The van der Waals surface area contributed by atoms with Crippen LogP contribution in [0, 0.1) is 6.92 Å². The molecule has 3 aromatic rings. The number of rotatable bonds is 2. The van der Waals surface area contributed by atoms with Crippen LogP contribution in [0.1, 0.15) is 5.56 Å². The predicted molar refractivity (Wildman–Crippen MR) is 79.8 cm³/mol. The molecule has 0 aliphatic rings. The molecule has 0 amide bonds. The predicted octanol–water partition coefficient (Wildman–Crippen LogP) is 3.45. The van der Waals surface area contributed by atoms with Crippen LogP contribution in [0.25, 0.3) is 22.8 Å². The second kappa shape index (κ2) is 5.05. The smallest absolute Gasteiger partial charge is 0.259 e. The summed E-state index contributed by atoms with van der Waals surface area (Å²) in [5.41, 5.74) is 8.33. The molecule has 0 saturated carbocycles. The Labute approximate surface area is 124 Å². The van der Waals surface area contributed by atoms with Crippen molar-refractivity contribution < 1.29 is 4.52 Å². The molecule has 0 saturated heterocycles. The van der Waals surface area contributed by atoms with Gasteiger partial charge < -0.3 is 10.3 Å². The lowest BCUT2D eigenvalue weighted by atomic mass is 10.1. The van der Waals surface area contributed by atoms with Gasteiger partial charge in [0.05, 0.1) is 5.56 Å². The molecule has 0 fully saturated rings. The Hall–Kier alpha value is -2.21. The Morgan fingerprint density at radius 2 is 2.05 bits per heavy atom. The lowest BCUT2D eigenvalue weighted by Crippen LogP contribution is -1.89. The van der Waals surface area contributed by atoms with Crippen LogP contribution in [0.3, 0.4) is 0 Å². The molecule has 0 atom stereocenters. The number of anilines is 1. The summed E-state index contributed by atoms with van der Waals surface area (Å²) in [4.78, 5) is 8.39. The highest BCUT2D eigenvalue weighted by Gasteiger charge is 2.13. The van der Waals surface area contributed by atoms with Crippen molar-refractivity contribution in [3.63, 3.8) is 0 Å². The van der Waals surface area contributed by atoms with Crippen LogP contribution in [0.2, 0.25) is 0 Å². The van der Waals surface area contributed by atoms with Crippen LogP contribution >= 0.6 is 15.9 Å². The van der Waals surface area contributed by atoms with E-state index in [1.54, 1.807) is 18.3 Å². The number of halogens is 1. The van der Waals surface area contributed by atoms with E-state index < -0.39 is 0 Å². The zero-order valence-corrected chi connectivity index (χ0v) is 12.3. The van der Waals surface area contributed by atoms with Gasteiger partial charge in [-0.1, -0.05) is 27.2 Å². The van der Waals surface area contributed by atoms with Gasteiger partial charge in [-0.25, -0.2) is 4.98 Å². The van der Waals surface area contributed by atoms with Crippen molar-refractivity contribution in [2.75, 3.05) is 5.73 Å². The fourth-order valence-electron chi connectivity index (χ4n) is 1.78. The number of benzene rings is 1. The van der Waals surface area contributed by atoms with Crippen molar-refractivity contribution >= 4 is 21.7 Å². The average molecular weight is 331 g/mol. The van der Waals surface area contributed by atoms with E-state index in [-0.39, 0.29) is 0 Å². The third kappa shape index (κ3) is 2.42. The van der Waals surface area contributed by atoms with Gasteiger partial charge in [-0.05, 0) is 36.8 Å². The summed E-state index contributed by atoms with van der Waals surface area (Å²) in [5, 5.41) is 4.00. The third-order valence-electron chi connectivity index (χ3n) is 2.82. The summed E-state index contributed by atoms with van der Waals surface area (Å²) in [6.45, 7) is 2.02. The van der Waals surface area contributed by atoms with E-state index in [9.17, 15) is 0 Å². The van der Waals surface area contributed by atoms with Crippen molar-refractivity contribution in [1.29, 1.82) is 0 Å². The molecule has 0 unspecified atom stereocenters. The lowest BCUT2D eigenvalue weighted by Gasteiger charge is -1.99. The first-order chi connectivity index (χ1) is 9.63. The molecule has 5 nitrogen and oxygen atoms in total. The SMILES string of the molecule is Cc1ccc(-c2noc(-c3ccc(N)nc3)n2)c(Br)c1. The summed E-state index contributed by atoms with van der Waals surface area (Å²) in [7, 11) is 0. The summed E-state index contributed by atoms with van der Waals surface area (Å²) in [6.07, 6.45) is 1.61. The molecule has 6 heteroatoms. The molecule has 2 heterocycles. The minimum atomic E-state index is 0.417. The monoisotopic (exact) mass is 330 g/mol. The number of aromatic nitrogens is 3. The van der Waals surface area contributed by atoms with E-state index in [4.69, 9.17) is 10.3 Å². The molecule has 100 valence electrons. The second-order valence-corrected chi connectivity index (χ2v) is 5.23. The van der Waals surface area contributed by atoms with Gasteiger partial charge in [0.1, 0.15) is 5.82 Å². The number of nitrogens with zero attached hydrogens (tertiary/aromatic N) is 3. The Balaban J connectivity index is 1.99. The quantitative estimate of drug-likeness (QED) is 0.778. The van der Waals surface area contributed by atoms with E-state index in [0.717, 1.165) is 21.2 Å². The standard InChI is InChI=1S/C14H11BrN4O/c1-8-2-4-10(11(15)6-8)13-18-14(20-19-13)9-3-5-12(16)17-7-9/h2-7H,1H3,(H2,16,17). The maximum atomic E-state index is 5.55. The van der Waals surface area contributed by atoms with Crippen molar-refractivity contribution in [3.8, 4) is 22.8 Å². The van der Waals surface area contributed by atoms with Gasteiger partial charge >= 0.3 is 0 Å². The number of nitrogen functional groups attached to an aromatic ring is 1. The van der Waals surface area contributed by atoms with Crippen molar-refractivity contribution in [1.82, 2.24) is 15.1 Å². The molecule has 0 radical (unpaired) electrons. The van der Waals surface area contributed by atoms with Crippen LogP contribution in [-0.2, 0) is 0 Å². The molecule has 0 aliphatic carbocycles.